The molecule has 0 aliphatic carbocycles. The number of amides is 1. The molecule has 1 aliphatic heterocycles. The Balaban J connectivity index is 1.79. The Morgan fingerprint density at radius 2 is 2.35 bits per heavy atom. The Kier molecular flexibility index (Phi) is 4.77. The zero-order chi connectivity index (χ0) is 14.6. The molecule has 0 bridgehead atoms. The zero-order valence-electron chi connectivity index (χ0n) is 11.3. The van der Waals surface area contributed by atoms with Crippen LogP contribution in [0.5, 0.6) is 0 Å². The molecule has 2 rings (SSSR count). The van der Waals surface area contributed by atoms with Gasteiger partial charge in [0.25, 0.3) is 0 Å². The second-order valence-corrected chi connectivity index (χ2v) is 6.97. The van der Waals surface area contributed by atoms with Crippen molar-refractivity contribution in [3.8, 4) is 0 Å². The normalized spacial score (nSPS) is 19.1. The fraction of sp³-hybridized carbons (Fsp3) is 0.667. The topological polar surface area (TPSA) is 98.5 Å². The van der Waals surface area contributed by atoms with Gasteiger partial charge in [0, 0.05) is 19.2 Å². The molecule has 8 heteroatoms. The number of hydrogen-bond donors (Lipinski definition) is 1. The van der Waals surface area contributed by atoms with Crippen LogP contribution in [0, 0.1) is 6.92 Å². The molecule has 1 aromatic heterocycles. The van der Waals surface area contributed by atoms with E-state index in [1.165, 1.54) is 0 Å². The van der Waals surface area contributed by atoms with Crippen molar-refractivity contribution in [2.45, 2.75) is 31.6 Å². The number of nitrogens with one attached hydrogen (secondary N) is 1. The standard InChI is InChI=1S/C12H18N2O5S/c1-9-5-11(19-14-9)7-20(16,17)8-12(15)13-6-10-3-2-4-18-10/h5,10H,2-4,6-8H2,1H3,(H,13,15). The van der Waals surface area contributed by atoms with Crippen LogP contribution in [-0.2, 0) is 25.1 Å². The molecule has 0 radical (unpaired) electrons. The first-order chi connectivity index (χ1) is 9.44. The Morgan fingerprint density at radius 1 is 1.55 bits per heavy atom. The number of nitrogens with zero attached hydrogens (tertiary/aromatic N) is 1. The largest absolute Gasteiger partial charge is 0.376 e. The Labute approximate surface area is 117 Å². The van der Waals surface area contributed by atoms with Crippen molar-refractivity contribution in [1.82, 2.24) is 10.5 Å². The molecule has 2 heterocycles. The van der Waals surface area contributed by atoms with Crippen molar-refractivity contribution in [2.24, 2.45) is 0 Å². The molecule has 1 amide bonds. The van der Waals surface area contributed by atoms with Crippen LogP contribution in [-0.4, -0.2) is 44.5 Å². The van der Waals surface area contributed by atoms with Gasteiger partial charge in [0.1, 0.15) is 11.5 Å². The first-order valence-electron chi connectivity index (χ1n) is 6.45. The number of ether oxygens (including phenoxy) is 1. The van der Waals surface area contributed by atoms with Gasteiger partial charge in [0.05, 0.1) is 11.8 Å². The maximum atomic E-state index is 11.8. The van der Waals surface area contributed by atoms with E-state index in [-0.39, 0.29) is 17.6 Å². The molecule has 20 heavy (non-hydrogen) atoms. The minimum atomic E-state index is -3.55. The van der Waals surface area contributed by atoms with E-state index in [4.69, 9.17) is 9.26 Å². The maximum absolute atomic E-state index is 11.8. The van der Waals surface area contributed by atoms with Crippen LogP contribution in [0.4, 0.5) is 0 Å². The summed E-state index contributed by atoms with van der Waals surface area (Å²) in [5.74, 6) is -1.15. The van der Waals surface area contributed by atoms with E-state index in [1.807, 2.05) is 0 Å². The first-order valence-corrected chi connectivity index (χ1v) is 8.28. The van der Waals surface area contributed by atoms with Gasteiger partial charge in [-0.3, -0.25) is 4.79 Å². The van der Waals surface area contributed by atoms with Gasteiger partial charge in [-0.15, -0.1) is 0 Å². The molecule has 112 valence electrons. The highest BCUT2D eigenvalue weighted by atomic mass is 32.2. The van der Waals surface area contributed by atoms with Gasteiger partial charge in [-0.05, 0) is 19.8 Å². The summed E-state index contributed by atoms with van der Waals surface area (Å²) < 4.78 is 33.9. The van der Waals surface area contributed by atoms with Gasteiger partial charge in [-0.2, -0.15) is 0 Å². The van der Waals surface area contributed by atoms with Gasteiger partial charge >= 0.3 is 0 Å². The van der Waals surface area contributed by atoms with Gasteiger partial charge in [0.2, 0.25) is 5.91 Å². The number of carbonyl (C=O) groups is 1. The van der Waals surface area contributed by atoms with Crippen LogP contribution in [0.15, 0.2) is 10.6 Å². The molecule has 0 spiro atoms. The molecular weight excluding hydrogens is 284 g/mol. The van der Waals surface area contributed by atoms with E-state index in [2.05, 4.69) is 10.5 Å². The predicted molar refractivity (Wildman–Crippen MR) is 70.7 cm³/mol. The minimum absolute atomic E-state index is 0.00132. The number of rotatable bonds is 6. The van der Waals surface area contributed by atoms with Crippen molar-refractivity contribution in [3.63, 3.8) is 0 Å². The molecule has 0 saturated carbocycles. The quantitative estimate of drug-likeness (QED) is 0.805. The molecule has 1 unspecified atom stereocenters. The summed E-state index contributed by atoms with van der Waals surface area (Å²) in [5.41, 5.74) is 0.609. The van der Waals surface area contributed by atoms with E-state index < -0.39 is 21.5 Å². The number of hydrogen-bond acceptors (Lipinski definition) is 6. The van der Waals surface area contributed by atoms with Crippen LogP contribution < -0.4 is 5.32 Å². The van der Waals surface area contributed by atoms with Gasteiger partial charge < -0.3 is 14.6 Å². The summed E-state index contributed by atoms with van der Waals surface area (Å²) in [7, 11) is -3.55. The van der Waals surface area contributed by atoms with Crippen LogP contribution in [0.3, 0.4) is 0 Å². The minimum Gasteiger partial charge on any atom is -0.376 e. The lowest BCUT2D eigenvalue weighted by Gasteiger charge is -2.10. The van der Waals surface area contributed by atoms with Gasteiger partial charge in [-0.25, -0.2) is 8.42 Å². The molecule has 0 aromatic carbocycles. The number of aromatic nitrogens is 1. The third-order valence-electron chi connectivity index (χ3n) is 2.94. The molecule has 1 fully saturated rings. The average Bonchev–Trinajstić information content (AvgIpc) is 2.97. The van der Waals surface area contributed by atoms with Crippen LogP contribution in [0.1, 0.15) is 24.3 Å². The van der Waals surface area contributed by atoms with E-state index in [0.29, 0.717) is 18.8 Å². The molecule has 1 atom stereocenters. The van der Waals surface area contributed by atoms with Gasteiger partial charge in [0.15, 0.2) is 15.6 Å². The van der Waals surface area contributed by atoms with E-state index in [0.717, 1.165) is 12.8 Å². The lowest BCUT2D eigenvalue weighted by atomic mass is 10.2. The van der Waals surface area contributed by atoms with E-state index in [1.54, 1.807) is 13.0 Å². The Hall–Kier alpha value is -1.41. The summed E-state index contributed by atoms with van der Waals surface area (Å²) in [4.78, 5) is 11.6. The second-order valence-electron chi connectivity index (χ2n) is 4.91. The van der Waals surface area contributed by atoms with Crippen molar-refractivity contribution in [3.05, 3.63) is 17.5 Å². The molecule has 1 saturated heterocycles. The lowest BCUT2D eigenvalue weighted by Crippen LogP contribution is -2.36. The Morgan fingerprint density at radius 3 is 2.95 bits per heavy atom. The molecule has 1 aromatic rings. The predicted octanol–water partition coefficient (Wildman–Crippen LogP) is 0.193. The van der Waals surface area contributed by atoms with Crippen LogP contribution >= 0.6 is 0 Å². The van der Waals surface area contributed by atoms with Crippen molar-refractivity contribution in [2.75, 3.05) is 18.9 Å². The zero-order valence-corrected chi connectivity index (χ0v) is 12.1. The smallest absolute Gasteiger partial charge is 0.235 e. The molecular formula is C12H18N2O5S. The summed E-state index contributed by atoms with van der Waals surface area (Å²) in [5, 5.41) is 6.19. The molecule has 1 aliphatic rings. The van der Waals surface area contributed by atoms with Crippen molar-refractivity contribution >= 4 is 15.7 Å². The number of carbonyl (C=O) groups excluding carboxylic acids is 1. The highest BCUT2D eigenvalue weighted by molar-refractivity contribution is 7.91. The van der Waals surface area contributed by atoms with Crippen LogP contribution in [0.25, 0.3) is 0 Å². The highest BCUT2D eigenvalue weighted by Gasteiger charge is 2.21. The first kappa shape index (κ1) is 15.0. The van der Waals surface area contributed by atoms with E-state index >= 15 is 0 Å². The highest BCUT2D eigenvalue weighted by Crippen LogP contribution is 2.11. The average molecular weight is 302 g/mol. The third-order valence-corrected chi connectivity index (χ3v) is 4.37. The third kappa shape index (κ3) is 4.61. The van der Waals surface area contributed by atoms with Crippen molar-refractivity contribution in [1.29, 1.82) is 0 Å². The summed E-state index contributed by atoms with van der Waals surface area (Å²) >= 11 is 0. The second kappa shape index (κ2) is 6.36. The summed E-state index contributed by atoms with van der Waals surface area (Å²) in [6.45, 7) is 2.76. The molecule has 7 nitrogen and oxygen atoms in total. The van der Waals surface area contributed by atoms with Crippen LogP contribution in [0.2, 0.25) is 0 Å². The summed E-state index contributed by atoms with van der Waals surface area (Å²) in [6.07, 6.45) is 1.87. The SMILES string of the molecule is Cc1cc(CS(=O)(=O)CC(=O)NCC2CCCO2)on1. The number of sulfone groups is 1. The van der Waals surface area contributed by atoms with Gasteiger partial charge in [-0.1, -0.05) is 5.16 Å². The monoisotopic (exact) mass is 302 g/mol. The Bertz CT molecular complexity index is 560. The maximum Gasteiger partial charge on any atom is 0.235 e. The fourth-order valence-electron chi connectivity index (χ4n) is 2.04. The summed E-state index contributed by atoms with van der Waals surface area (Å²) in [6, 6.07) is 1.54. The fourth-order valence-corrected chi connectivity index (χ4v) is 3.21. The lowest BCUT2D eigenvalue weighted by molar-refractivity contribution is -0.119. The number of aryl methyl sites for hydroxylation is 1. The van der Waals surface area contributed by atoms with Crippen molar-refractivity contribution < 1.29 is 22.5 Å². The molecule has 1 N–H and O–H groups in total. The van der Waals surface area contributed by atoms with E-state index in [9.17, 15) is 13.2 Å².